The lowest BCUT2D eigenvalue weighted by molar-refractivity contribution is -0.139. The fraction of sp³-hybridized carbons (Fsp3) is 0.895. The Morgan fingerprint density at radius 3 is 1.49 bits per heavy atom. The monoisotopic (exact) mass is 719 g/mol. The van der Waals surface area contributed by atoms with Gasteiger partial charge in [-0.25, -0.2) is 4.57 Å². The third-order valence-corrected chi connectivity index (χ3v) is 9.93. The molecule has 0 saturated carbocycles. The molecule has 0 aliphatic carbocycles. The summed E-state index contributed by atoms with van der Waals surface area (Å²) in [4.78, 5) is 33.6. The Kier molecular flexibility index (Phi) is 32.9. The molecule has 10 nitrogen and oxygen atoms in total. The number of rotatable bonds is 37. The highest BCUT2D eigenvalue weighted by molar-refractivity contribution is 7.47. The Hall–Kier alpha value is -1.29. The van der Waals surface area contributed by atoms with E-state index in [0.717, 1.165) is 44.9 Å². The van der Waals surface area contributed by atoms with Gasteiger partial charge in [0.1, 0.15) is 6.04 Å². The molecule has 0 aromatic carbocycles. The lowest BCUT2D eigenvalue weighted by Crippen LogP contribution is -2.45. The first kappa shape index (κ1) is 47.7. The van der Waals surface area contributed by atoms with Gasteiger partial charge in [0, 0.05) is 6.42 Å². The van der Waals surface area contributed by atoms with Gasteiger partial charge in [-0.05, 0) is 19.3 Å². The fourth-order valence-corrected chi connectivity index (χ4v) is 6.51. The molecule has 1 unspecified atom stereocenters. The zero-order valence-electron chi connectivity index (χ0n) is 31.3. The molecule has 0 radical (unpaired) electrons. The average molecular weight is 719 g/mol. The quantitative estimate of drug-likeness (QED) is 0.0239. The molecule has 0 aliphatic heterocycles. The van der Waals surface area contributed by atoms with Gasteiger partial charge in [0.2, 0.25) is 5.91 Å². The second-order valence-corrected chi connectivity index (χ2v) is 15.2. The summed E-state index contributed by atoms with van der Waals surface area (Å²) in [6, 6.07) is -2.47. The Bertz CT molecular complexity index is 860. The maximum Gasteiger partial charge on any atom is 0.472 e. The first-order valence-corrected chi connectivity index (χ1v) is 21.4. The van der Waals surface area contributed by atoms with Crippen molar-refractivity contribution in [1.29, 1.82) is 0 Å². The maximum atomic E-state index is 12.7. The molecule has 0 aromatic rings. The van der Waals surface area contributed by atoms with Crippen molar-refractivity contribution in [3.05, 3.63) is 12.2 Å². The van der Waals surface area contributed by atoms with Gasteiger partial charge in [-0.15, -0.1) is 0 Å². The molecule has 0 spiro atoms. The molecule has 11 heteroatoms. The van der Waals surface area contributed by atoms with Crippen LogP contribution in [0.4, 0.5) is 0 Å². The molecule has 290 valence electrons. The van der Waals surface area contributed by atoms with Crippen LogP contribution in [0.2, 0.25) is 0 Å². The van der Waals surface area contributed by atoms with Crippen LogP contribution in [0.5, 0.6) is 0 Å². The molecule has 0 fully saturated rings. The number of nitrogens with one attached hydrogen (secondary N) is 1. The highest BCUT2D eigenvalue weighted by Crippen LogP contribution is 2.43. The van der Waals surface area contributed by atoms with Crippen LogP contribution in [0.25, 0.3) is 0 Å². The molecular formula is C38H75N2O8P. The Balaban J connectivity index is 4.49. The molecule has 49 heavy (non-hydrogen) atoms. The smallest absolute Gasteiger partial charge is 0.472 e. The molecule has 0 saturated heterocycles. The number of carbonyl (C=O) groups is 2. The molecule has 6 N–H and O–H groups in total. The number of amides is 1. The van der Waals surface area contributed by atoms with Crippen LogP contribution in [0.3, 0.4) is 0 Å². The van der Waals surface area contributed by atoms with Gasteiger partial charge in [-0.3, -0.25) is 18.6 Å². The lowest BCUT2D eigenvalue weighted by Gasteiger charge is -2.23. The summed E-state index contributed by atoms with van der Waals surface area (Å²) in [6.07, 6.45) is 34.2. The van der Waals surface area contributed by atoms with E-state index >= 15 is 0 Å². The molecule has 1 amide bonds. The summed E-state index contributed by atoms with van der Waals surface area (Å²) in [5.74, 6) is -1.65. The van der Waals surface area contributed by atoms with Crippen LogP contribution in [0.1, 0.15) is 187 Å². The number of nitrogens with two attached hydrogens (primary N) is 1. The summed E-state index contributed by atoms with van der Waals surface area (Å²) >= 11 is 0. The first-order chi connectivity index (χ1) is 23.6. The number of phosphoric ester groups is 1. The van der Waals surface area contributed by atoms with Gasteiger partial charge < -0.3 is 26.2 Å². The maximum absolute atomic E-state index is 12.7. The minimum Gasteiger partial charge on any atom is -0.480 e. The van der Waals surface area contributed by atoms with E-state index in [1.54, 1.807) is 6.08 Å². The van der Waals surface area contributed by atoms with E-state index in [-0.39, 0.29) is 12.3 Å². The summed E-state index contributed by atoms with van der Waals surface area (Å²) in [5, 5.41) is 22.5. The molecule has 0 bridgehead atoms. The van der Waals surface area contributed by atoms with Gasteiger partial charge >= 0.3 is 13.8 Å². The highest BCUT2D eigenvalue weighted by Gasteiger charge is 2.28. The molecule has 0 aliphatic rings. The number of hydrogen-bond donors (Lipinski definition) is 5. The number of unbranched alkanes of at least 4 members (excludes halogenated alkanes) is 24. The Morgan fingerprint density at radius 2 is 1.06 bits per heavy atom. The number of aliphatic hydroxyl groups excluding tert-OH is 1. The van der Waals surface area contributed by atoms with Crippen LogP contribution in [-0.2, 0) is 23.2 Å². The number of phosphoric acid groups is 1. The second-order valence-electron chi connectivity index (χ2n) is 13.8. The highest BCUT2D eigenvalue weighted by atomic mass is 31.2. The van der Waals surface area contributed by atoms with Gasteiger partial charge in [0.05, 0.1) is 25.4 Å². The van der Waals surface area contributed by atoms with Crippen molar-refractivity contribution in [2.45, 2.75) is 205 Å². The zero-order valence-corrected chi connectivity index (χ0v) is 32.2. The van der Waals surface area contributed by atoms with Gasteiger partial charge in [-0.2, -0.15) is 0 Å². The summed E-state index contributed by atoms with van der Waals surface area (Å²) < 4.78 is 22.0. The van der Waals surface area contributed by atoms with Gasteiger partial charge in [0.15, 0.2) is 0 Å². The van der Waals surface area contributed by atoms with E-state index in [2.05, 4.69) is 19.2 Å². The third kappa shape index (κ3) is 32.4. The number of carboxylic acid groups (broad SMARTS) is 1. The Morgan fingerprint density at radius 1 is 0.673 bits per heavy atom. The summed E-state index contributed by atoms with van der Waals surface area (Å²) in [5.41, 5.74) is 5.34. The fourth-order valence-electron chi connectivity index (χ4n) is 5.74. The topological polar surface area (TPSA) is 168 Å². The summed E-state index contributed by atoms with van der Waals surface area (Å²) in [7, 11) is -4.67. The van der Waals surface area contributed by atoms with Crippen molar-refractivity contribution in [3.63, 3.8) is 0 Å². The van der Waals surface area contributed by atoms with Crippen LogP contribution < -0.4 is 11.1 Å². The van der Waals surface area contributed by atoms with E-state index in [1.807, 2.05) is 6.08 Å². The van der Waals surface area contributed by atoms with Crippen molar-refractivity contribution < 1.29 is 38.3 Å². The minimum absolute atomic E-state index is 0.271. The Labute approximate surface area is 299 Å². The van der Waals surface area contributed by atoms with Crippen LogP contribution >= 0.6 is 7.82 Å². The SMILES string of the molecule is CCCCCCCCCCCCC/C=C/[C@@H](O)[C@H](COP(=O)(O)OC[C@H](N)C(=O)O)NC(=O)CCCCCCCCCCCCCCCC. The summed E-state index contributed by atoms with van der Waals surface area (Å²) in [6.45, 7) is 3.27. The first-order valence-electron chi connectivity index (χ1n) is 19.9. The van der Waals surface area contributed by atoms with Gasteiger partial charge in [0.25, 0.3) is 0 Å². The van der Waals surface area contributed by atoms with Crippen molar-refractivity contribution in [1.82, 2.24) is 5.32 Å². The lowest BCUT2D eigenvalue weighted by atomic mass is 10.0. The predicted octanol–water partition coefficient (Wildman–Crippen LogP) is 9.51. The number of aliphatic carboxylic acids is 1. The number of aliphatic hydroxyl groups is 1. The molecule has 4 atom stereocenters. The van der Waals surface area contributed by atoms with E-state index in [0.29, 0.717) is 0 Å². The van der Waals surface area contributed by atoms with Crippen LogP contribution in [-0.4, -0.2) is 58.4 Å². The van der Waals surface area contributed by atoms with E-state index in [1.165, 1.54) is 122 Å². The standard InChI is InChI=1S/C38H75N2O8P/c1-3-5-7-9-11-13-15-17-19-21-23-25-27-29-31-37(42)40-35(33-48-49(45,46)47-32-34(39)38(43)44)36(41)30-28-26-24-22-20-18-16-14-12-10-8-6-4-2/h28,30,34-36,41H,3-27,29,31-33,39H2,1-2H3,(H,40,42)(H,43,44)(H,45,46)/b30-28+/t34-,35-,36+/m0/s1. The van der Waals surface area contributed by atoms with E-state index in [4.69, 9.17) is 19.9 Å². The third-order valence-electron chi connectivity index (χ3n) is 8.98. The van der Waals surface area contributed by atoms with Crippen LogP contribution in [0.15, 0.2) is 12.2 Å². The van der Waals surface area contributed by atoms with Crippen LogP contribution in [0, 0.1) is 0 Å². The number of carbonyl (C=O) groups excluding carboxylic acids is 1. The number of carboxylic acids is 1. The molecule has 0 rings (SSSR count). The van der Waals surface area contributed by atoms with E-state index in [9.17, 15) is 24.2 Å². The van der Waals surface area contributed by atoms with Crippen molar-refractivity contribution in [2.24, 2.45) is 5.73 Å². The van der Waals surface area contributed by atoms with Crippen molar-refractivity contribution in [3.8, 4) is 0 Å². The average Bonchev–Trinajstić information content (AvgIpc) is 3.07. The zero-order chi connectivity index (χ0) is 36.4. The largest absolute Gasteiger partial charge is 0.480 e. The molecule has 0 aromatic heterocycles. The molecule has 0 heterocycles. The number of hydrogen-bond acceptors (Lipinski definition) is 7. The predicted molar refractivity (Wildman–Crippen MR) is 200 cm³/mol. The normalized spacial score (nSPS) is 14.9. The van der Waals surface area contributed by atoms with E-state index < -0.39 is 45.2 Å². The van der Waals surface area contributed by atoms with Crippen molar-refractivity contribution >= 4 is 19.7 Å². The number of allylic oxidation sites excluding steroid dienone is 1. The minimum atomic E-state index is -4.67. The van der Waals surface area contributed by atoms with Crippen molar-refractivity contribution in [2.75, 3.05) is 13.2 Å². The molecular weight excluding hydrogens is 643 g/mol. The second kappa shape index (κ2) is 33.8. The van der Waals surface area contributed by atoms with Gasteiger partial charge in [-0.1, -0.05) is 174 Å².